The number of anilines is 1. The Morgan fingerprint density at radius 3 is 2.52 bits per heavy atom. The van der Waals surface area contributed by atoms with Crippen LogP contribution in [0.25, 0.3) is 32.4 Å². The number of thiazole rings is 1. The van der Waals surface area contributed by atoms with Crippen LogP contribution >= 0.6 is 27.3 Å². The first-order valence-corrected chi connectivity index (χ1v) is 10.6. The van der Waals surface area contributed by atoms with Gasteiger partial charge in [0.25, 0.3) is 5.91 Å². The molecule has 2 heterocycles. The van der Waals surface area contributed by atoms with Gasteiger partial charge in [-0.3, -0.25) is 10.1 Å². The maximum Gasteiger partial charge on any atom is 0.258 e. The molecule has 140 valence electrons. The zero-order valence-corrected chi connectivity index (χ0v) is 17.5. The van der Waals surface area contributed by atoms with Crippen LogP contribution in [0, 0.1) is 0 Å². The molecule has 1 N–H and O–H groups in total. The van der Waals surface area contributed by atoms with Crippen LogP contribution in [0.1, 0.15) is 10.4 Å². The fourth-order valence-corrected chi connectivity index (χ4v) is 4.65. The molecule has 0 aliphatic carbocycles. The van der Waals surface area contributed by atoms with E-state index in [1.807, 2.05) is 78.9 Å². The van der Waals surface area contributed by atoms with Crippen molar-refractivity contribution in [3.8, 4) is 11.3 Å². The second-order valence-corrected chi connectivity index (χ2v) is 8.47. The van der Waals surface area contributed by atoms with Crippen LogP contribution in [0.4, 0.5) is 5.13 Å². The lowest BCUT2D eigenvalue weighted by molar-refractivity contribution is 0.102. The van der Waals surface area contributed by atoms with Gasteiger partial charge >= 0.3 is 0 Å². The summed E-state index contributed by atoms with van der Waals surface area (Å²) in [4.78, 5) is 22.4. The molecular weight excluding hydrogens is 446 g/mol. The molecule has 0 spiro atoms. The van der Waals surface area contributed by atoms with Crippen molar-refractivity contribution in [3.63, 3.8) is 0 Å². The molecule has 0 radical (unpaired) electrons. The Morgan fingerprint density at radius 2 is 1.66 bits per heavy atom. The Morgan fingerprint density at radius 1 is 0.862 bits per heavy atom. The summed E-state index contributed by atoms with van der Waals surface area (Å²) < 4.78 is 2.00. The van der Waals surface area contributed by atoms with Crippen LogP contribution < -0.4 is 5.32 Å². The van der Waals surface area contributed by atoms with Crippen LogP contribution in [0.15, 0.2) is 83.3 Å². The lowest BCUT2D eigenvalue weighted by atomic mass is 10.0. The molecule has 0 aliphatic heterocycles. The Balaban J connectivity index is 1.58. The molecule has 0 unspecified atom stereocenters. The van der Waals surface area contributed by atoms with Crippen LogP contribution in [-0.4, -0.2) is 15.9 Å². The number of hydrogen-bond acceptors (Lipinski definition) is 4. The monoisotopic (exact) mass is 459 g/mol. The van der Waals surface area contributed by atoms with E-state index in [1.54, 1.807) is 0 Å². The van der Waals surface area contributed by atoms with Crippen molar-refractivity contribution in [2.45, 2.75) is 0 Å². The van der Waals surface area contributed by atoms with E-state index in [0.29, 0.717) is 10.7 Å². The van der Waals surface area contributed by atoms with Crippen molar-refractivity contribution in [2.24, 2.45) is 0 Å². The maximum absolute atomic E-state index is 13.2. The standard InChI is InChI=1S/C23H14BrN3OS/c24-15-10-11-19-21(12-15)29-23(26-19)27-22(28)17-13-20(14-6-2-1-3-7-14)25-18-9-5-4-8-16(17)18/h1-13H,(H,26,27,28). The summed E-state index contributed by atoms with van der Waals surface area (Å²) in [7, 11) is 0. The smallest absolute Gasteiger partial charge is 0.258 e. The predicted octanol–water partition coefficient (Wildman–Crippen LogP) is 6.53. The summed E-state index contributed by atoms with van der Waals surface area (Å²) in [6.07, 6.45) is 0. The number of nitrogens with one attached hydrogen (secondary N) is 1. The molecule has 0 saturated carbocycles. The van der Waals surface area contributed by atoms with Crippen molar-refractivity contribution < 1.29 is 4.79 Å². The van der Waals surface area contributed by atoms with Crippen LogP contribution in [0.5, 0.6) is 0 Å². The fourth-order valence-electron chi connectivity index (χ4n) is 3.24. The van der Waals surface area contributed by atoms with E-state index in [1.165, 1.54) is 11.3 Å². The summed E-state index contributed by atoms with van der Waals surface area (Å²) in [5.41, 5.74) is 3.96. The van der Waals surface area contributed by atoms with Crippen LogP contribution in [0.2, 0.25) is 0 Å². The van der Waals surface area contributed by atoms with Gasteiger partial charge in [-0.05, 0) is 30.3 Å². The number of nitrogens with zero attached hydrogens (tertiary/aromatic N) is 2. The second kappa shape index (κ2) is 7.39. The minimum absolute atomic E-state index is 0.195. The third-order valence-electron chi connectivity index (χ3n) is 4.60. The number of amides is 1. The van der Waals surface area contributed by atoms with E-state index < -0.39 is 0 Å². The van der Waals surface area contributed by atoms with Gasteiger partial charge in [-0.25, -0.2) is 9.97 Å². The Hall–Kier alpha value is -3.09. The van der Waals surface area contributed by atoms with Gasteiger partial charge in [0, 0.05) is 15.4 Å². The molecule has 0 bridgehead atoms. The van der Waals surface area contributed by atoms with E-state index in [9.17, 15) is 4.79 Å². The summed E-state index contributed by atoms with van der Waals surface area (Å²) >= 11 is 4.92. The highest BCUT2D eigenvalue weighted by Gasteiger charge is 2.16. The summed E-state index contributed by atoms with van der Waals surface area (Å²) in [6.45, 7) is 0. The van der Waals surface area contributed by atoms with Crippen molar-refractivity contribution in [1.82, 2.24) is 9.97 Å². The van der Waals surface area contributed by atoms with Gasteiger partial charge in [0.1, 0.15) is 0 Å². The van der Waals surface area contributed by atoms with Crippen LogP contribution in [-0.2, 0) is 0 Å². The number of carbonyl (C=O) groups excluding carboxylic acids is 1. The van der Waals surface area contributed by atoms with Gasteiger partial charge in [-0.15, -0.1) is 0 Å². The van der Waals surface area contributed by atoms with Gasteiger partial charge in [0.15, 0.2) is 5.13 Å². The van der Waals surface area contributed by atoms with Gasteiger partial charge in [0.2, 0.25) is 0 Å². The lowest BCUT2D eigenvalue weighted by Crippen LogP contribution is -2.13. The molecule has 0 saturated heterocycles. The van der Waals surface area contributed by atoms with Gasteiger partial charge in [-0.2, -0.15) is 0 Å². The number of halogens is 1. The number of para-hydroxylation sites is 1. The molecule has 0 atom stereocenters. The third kappa shape index (κ3) is 3.52. The molecule has 0 fully saturated rings. The van der Waals surface area contributed by atoms with Gasteiger partial charge in [-0.1, -0.05) is 75.8 Å². The highest BCUT2D eigenvalue weighted by molar-refractivity contribution is 9.10. The van der Waals surface area contributed by atoms with E-state index in [2.05, 4.69) is 26.2 Å². The first-order valence-electron chi connectivity index (χ1n) is 9.00. The highest BCUT2D eigenvalue weighted by Crippen LogP contribution is 2.30. The number of fused-ring (bicyclic) bond motifs is 2. The highest BCUT2D eigenvalue weighted by atomic mass is 79.9. The number of carbonyl (C=O) groups is 1. The minimum Gasteiger partial charge on any atom is -0.298 e. The number of pyridine rings is 1. The van der Waals surface area contributed by atoms with E-state index in [-0.39, 0.29) is 5.91 Å². The molecule has 5 rings (SSSR count). The fraction of sp³-hybridized carbons (Fsp3) is 0. The SMILES string of the molecule is O=C(Nc1nc2ccc(Br)cc2s1)c1cc(-c2ccccc2)nc2ccccc12. The molecule has 3 aromatic carbocycles. The minimum atomic E-state index is -0.195. The molecule has 6 heteroatoms. The van der Waals surface area contributed by atoms with E-state index in [0.717, 1.165) is 36.8 Å². The number of rotatable bonds is 3. The molecule has 1 amide bonds. The lowest BCUT2D eigenvalue weighted by Gasteiger charge is -2.09. The van der Waals surface area contributed by atoms with Crippen molar-refractivity contribution in [3.05, 3.63) is 88.9 Å². The first kappa shape index (κ1) is 18.0. The largest absolute Gasteiger partial charge is 0.298 e. The van der Waals surface area contributed by atoms with Gasteiger partial charge in [0.05, 0.1) is 27.0 Å². The predicted molar refractivity (Wildman–Crippen MR) is 122 cm³/mol. The molecule has 5 aromatic rings. The normalized spacial score (nSPS) is 11.1. The van der Waals surface area contributed by atoms with E-state index in [4.69, 9.17) is 4.98 Å². The zero-order valence-electron chi connectivity index (χ0n) is 15.1. The Kier molecular flexibility index (Phi) is 4.58. The topological polar surface area (TPSA) is 54.9 Å². The quantitative estimate of drug-likeness (QED) is 0.333. The van der Waals surface area contributed by atoms with Crippen LogP contribution in [0.3, 0.4) is 0 Å². The molecule has 0 aliphatic rings. The number of aromatic nitrogens is 2. The molecular formula is C23H14BrN3OS. The number of benzene rings is 3. The van der Waals surface area contributed by atoms with Crippen molar-refractivity contribution in [2.75, 3.05) is 5.32 Å². The third-order valence-corrected chi connectivity index (χ3v) is 6.03. The Bertz CT molecular complexity index is 1360. The second-order valence-electron chi connectivity index (χ2n) is 6.52. The molecule has 4 nitrogen and oxygen atoms in total. The molecule has 29 heavy (non-hydrogen) atoms. The van der Waals surface area contributed by atoms with Crippen molar-refractivity contribution >= 4 is 59.4 Å². The summed E-state index contributed by atoms with van der Waals surface area (Å²) in [6, 6.07) is 25.3. The van der Waals surface area contributed by atoms with Crippen molar-refractivity contribution in [1.29, 1.82) is 0 Å². The average molecular weight is 460 g/mol. The Labute approximate surface area is 179 Å². The summed E-state index contributed by atoms with van der Waals surface area (Å²) in [5.74, 6) is -0.195. The van der Waals surface area contributed by atoms with E-state index >= 15 is 0 Å². The van der Waals surface area contributed by atoms with Gasteiger partial charge < -0.3 is 0 Å². The first-order chi connectivity index (χ1) is 14.2. The zero-order chi connectivity index (χ0) is 19.8. The average Bonchev–Trinajstić information content (AvgIpc) is 3.14. The maximum atomic E-state index is 13.2. The summed E-state index contributed by atoms with van der Waals surface area (Å²) in [5, 5.41) is 4.35. The molecule has 2 aromatic heterocycles. The number of hydrogen-bond donors (Lipinski definition) is 1.